The first kappa shape index (κ1) is 11.1. The summed E-state index contributed by atoms with van der Waals surface area (Å²) in [6, 6.07) is 4.78. The Labute approximate surface area is 97.7 Å². The van der Waals surface area contributed by atoms with E-state index in [1.165, 1.54) is 19.1 Å². The molecule has 84 valence electrons. The summed E-state index contributed by atoms with van der Waals surface area (Å²) in [5.74, 6) is -1.09. The number of rotatable bonds is 1. The quantitative estimate of drug-likeness (QED) is 0.700. The summed E-state index contributed by atoms with van der Waals surface area (Å²) in [4.78, 5) is 24.6. The number of fused-ring (bicyclic) bond motifs is 1. The fraction of sp³-hybridized carbons (Fsp3) is 0.273. The lowest BCUT2D eigenvalue weighted by Gasteiger charge is -2.32. The Hall–Kier alpha value is -1.39. The zero-order valence-electron chi connectivity index (χ0n) is 8.86. The molecule has 5 heteroatoms. The van der Waals surface area contributed by atoms with E-state index in [1.807, 2.05) is 0 Å². The van der Waals surface area contributed by atoms with Crippen LogP contribution in [0.1, 0.15) is 22.1 Å². The molecule has 0 N–H and O–H groups in total. The van der Waals surface area contributed by atoms with Crippen molar-refractivity contribution in [3.63, 3.8) is 0 Å². The van der Waals surface area contributed by atoms with Gasteiger partial charge in [-0.3, -0.25) is 9.59 Å². The molecule has 0 bridgehead atoms. The van der Waals surface area contributed by atoms with Crippen LogP contribution < -0.4 is 0 Å². The number of nitrogens with zero attached hydrogens (tertiary/aromatic N) is 1. The third-order valence-electron chi connectivity index (χ3n) is 2.61. The van der Waals surface area contributed by atoms with E-state index in [0.717, 1.165) is 0 Å². The molecule has 0 radical (unpaired) electrons. The van der Waals surface area contributed by atoms with Crippen LogP contribution in [0.2, 0.25) is 5.02 Å². The predicted molar refractivity (Wildman–Crippen MR) is 58.3 cm³/mol. The van der Waals surface area contributed by atoms with Gasteiger partial charge < -0.3 is 9.64 Å². The van der Waals surface area contributed by atoms with Crippen molar-refractivity contribution in [2.45, 2.75) is 6.23 Å². The lowest BCUT2D eigenvalue weighted by atomic mass is 9.97. The number of hydrogen-bond acceptors (Lipinski definition) is 3. The fourth-order valence-electron chi connectivity index (χ4n) is 1.82. The summed E-state index contributed by atoms with van der Waals surface area (Å²) in [6.07, 6.45) is -0.557. The van der Waals surface area contributed by atoms with Crippen LogP contribution >= 0.6 is 11.6 Å². The molecular weight excluding hydrogens is 230 g/mol. The number of ketones is 1. The van der Waals surface area contributed by atoms with Gasteiger partial charge in [-0.15, -0.1) is 0 Å². The lowest BCUT2D eigenvalue weighted by molar-refractivity contribution is -0.138. The molecule has 0 saturated carbocycles. The maximum atomic E-state index is 11.7. The molecule has 16 heavy (non-hydrogen) atoms. The van der Waals surface area contributed by atoms with Gasteiger partial charge in [-0.25, -0.2) is 0 Å². The number of carbonyl (C=O) groups excluding carboxylic acids is 2. The van der Waals surface area contributed by atoms with E-state index < -0.39 is 17.9 Å². The number of halogens is 1. The SMILES string of the molecule is COC1c2cc(Cl)ccc2C(=O)C(=O)N1C. The van der Waals surface area contributed by atoms with Crippen LogP contribution in [0.3, 0.4) is 0 Å². The zero-order valence-corrected chi connectivity index (χ0v) is 9.62. The summed E-state index contributed by atoms with van der Waals surface area (Å²) in [6.45, 7) is 0. The van der Waals surface area contributed by atoms with Crippen LogP contribution in [0.4, 0.5) is 0 Å². The molecule has 1 aromatic carbocycles. The van der Waals surface area contributed by atoms with Crippen LogP contribution in [0.15, 0.2) is 18.2 Å². The number of methoxy groups -OCH3 is 1. The van der Waals surface area contributed by atoms with E-state index in [-0.39, 0.29) is 0 Å². The molecule has 0 aromatic heterocycles. The van der Waals surface area contributed by atoms with Crippen molar-refractivity contribution in [2.24, 2.45) is 0 Å². The maximum Gasteiger partial charge on any atom is 0.297 e. The Kier molecular flexibility index (Phi) is 2.69. The number of benzene rings is 1. The summed E-state index contributed by atoms with van der Waals surface area (Å²) >= 11 is 5.86. The Balaban J connectivity index is 2.63. The van der Waals surface area contributed by atoms with Crippen molar-refractivity contribution in [1.29, 1.82) is 0 Å². The van der Waals surface area contributed by atoms with Crippen LogP contribution in [0.25, 0.3) is 0 Å². The van der Waals surface area contributed by atoms with Gasteiger partial charge in [0.25, 0.3) is 11.7 Å². The molecular formula is C11H10ClNO3. The van der Waals surface area contributed by atoms with Crippen molar-refractivity contribution < 1.29 is 14.3 Å². The molecule has 1 heterocycles. The molecule has 1 aromatic rings. The Morgan fingerprint density at radius 3 is 2.69 bits per heavy atom. The highest BCUT2D eigenvalue weighted by molar-refractivity contribution is 6.44. The van der Waals surface area contributed by atoms with Crippen molar-refractivity contribution >= 4 is 23.3 Å². The number of ether oxygens (including phenoxy) is 1. The monoisotopic (exact) mass is 239 g/mol. The van der Waals surface area contributed by atoms with Gasteiger partial charge in [-0.1, -0.05) is 11.6 Å². The third-order valence-corrected chi connectivity index (χ3v) is 2.85. The van der Waals surface area contributed by atoms with Gasteiger partial charge in [0, 0.05) is 30.3 Å². The molecule has 0 saturated heterocycles. The van der Waals surface area contributed by atoms with Crippen molar-refractivity contribution in [3.8, 4) is 0 Å². The van der Waals surface area contributed by atoms with E-state index >= 15 is 0 Å². The van der Waals surface area contributed by atoms with Crippen molar-refractivity contribution in [2.75, 3.05) is 14.2 Å². The first-order valence-corrected chi connectivity index (χ1v) is 5.07. The lowest BCUT2D eigenvalue weighted by Crippen LogP contribution is -2.42. The van der Waals surface area contributed by atoms with E-state index in [4.69, 9.17) is 16.3 Å². The van der Waals surface area contributed by atoms with Crippen molar-refractivity contribution in [3.05, 3.63) is 34.3 Å². The van der Waals surface area contributed by atoms with E-state index in [9.17, 15) is 9.59 Å². The molecule has 2 rings (SSSR count). The topological polar surface area (TPSA) is 46.6 Å². The van der Waals surface area contributed by atoms with E-state index in [2.05, 4.69) is 0 Å². The fourth-order valence-corrected chi connectivity index (χ4v) is 2.00. The second-order valence-corrected chi connectivity index (χ2v) is 4.00. The summed E-state index contributed by atoms with van der Waals surface area (Å²) in [5, 5.41) is 0.511. The van der Waals surface area contributed by atoms with Crippen LogP contribution in [-0.2, 0) is 9.53 Å². The van der Waals surface area contributed by atoms with Gasteiger partial charge in [0.2, 0.25) is 0 Å². The van der Waals surface area contributed by atoms with Crippen LogP contribution in [0.5, 0.6) is 0 Å². The second-order valence-electron chi connectivity index (χ2n) is 3.56. The largest absolute Gasteiger partial charge is 0.357 e. The molecule has 1 aliphatic rings. The van der Waals surface area contributed by atoms with Gasteiger partial charge in [-0.05, 0) is 18.2 Å². The minimum absolute atomic E-state index is 0.361. The maximum absolute atomic E-state index is 11.7. The standard InChI is InChI=1S/C11H10ClNO3/c1-13-10(15)9(14)7-4-3-6(12)5-8(7)11(13)16-2/h3-5,11H,1-2H3. The Bertz CT molecular complexity index is 472. The van der Waals surface area contributed by atoms with Gasteiger partial charge in [-0.2, -0.15) is 0 Å². The highest BCUT2D eigenvalue weighted by atomic mass is 35.5. The molecule has 1 atom stereocenters. The molecule has 1 amide bonds. The van der Waals surface area contributed by atoms with Crippen LogP contribution in [0, 0.1) is 0 Å². The highest BCUT2D eigenvalue weighted by Crippen LogP contribution is 2.31. The molecule has 0 spiro atoms. The number of likely N-dealkylation sites (N-methyl/N-ethyl adjacent to an activating group) is 1. The average molecular weight is 240 g/mol. The molecule has 1 aliphatic heterocycles. The Morgan fingerprint density at radius 1 is 1.38 bits per heavy atom. The normalized spacial score (nSPS) is 19.9. The van der Waals surface area contributed by atoms with Gasteiger partial charge in [0.05, 0.1) is 0 Å². The molecule has 0 aliphatic carbocycles. The minimum Gasteiger partial charge on any atom is -0.357 e. The summed E-state index contributed by atoms with van der Waals surface area (Å²) in [7, 11) is 3.01. The van der Waals surface area contributed by atoms with Crippen LogP contribution in [-0.4, -0.2) is 30.7 Å². The van der Waals surface area contributed by atoms with Crippen molar-refractivity contribution in [1.82, 2.24) is 4.90 Å². The minimum atomic E-state index is -0.568. The first-order chi connectivity index (χ1) is 7.56. The summed E-state index contributed by atoms with van der Waals surface area (Å²) < 4.78 is 5.20. The van der Waals surface area contributed by atoms with Gasteiger partial charge in [0.15, 0.2) is 6.23 Å². The van der Waals surface area contributed by atoms with E-state index in [0.29, 0.717) is 16.1 Å². The number of Topliss-reactive ketones (excluding diaryl/α,β-unsaturated/α-hetero) is 1. The average Bonchev–Trinajstić information content (AvgIpc) is 2.27. The zero-order chi connectivity index (χ0) is 11.9. The number of carbonyl (C=O) groups is 2. The first-order valence-electron chi connectivity index (χ1n) is 4.70. The number of amides is 1. The number of hydrogen-bond donors (Lipinski definition) is 0. The smallest absolute Gasteiger partial charge is 0.297 e. The highest BCUT2D eigenvalue weighted by Gasteiger charge is 2.36. The summed E-state index contributed by atoms with van der Waals surface area (Å²) in [5.41, 5.74) is 0.987. The Morgan fingerprint density at radius 2 is 2.06 bits per heavy atom. The van der Waals surface area contributed by atoms with E-state index in [1.54, 1.807) is 18.2 Å². The third kappa shape index (κ3) is 1.50. The predicted octanol–water partition coefficient (Wildman–Crippen LogP) is 1.64. The molecule has 0 fully saturated rings. The van der Waals surface area contributed by atoms with Gasteiger partial charge >= 0.3 is 0 Å². The van der Waals surface area contributed by atoms with Gasteiger partial charge in [0.1, 0.15) is 0 Å². The molecule has 4 nitrogen and oxygen atoms in total. The second kappa shape index (κ2) is 3.88. The molecule has 1 unspecified atom stereocenters.